The van der Waals surface area contributed by atoms with E-state index in [4.69, 9.17) is 4.74 Å². The Morgan fingerprint density at radius 1 is 1.04 bits per heavy atom. The number of hydrogen-bond acceptors (Lipinski definition) is 2. The van der Waals surface area contributed by atoms with Gasteiger partial charge >= 0.3 is 5.97 Å². The van der Waals surface area contributed by atoms with Gasteiger partial charge in [-0.25, -0.2) is 4.79 Å². The summed E-state index contributed by atoms with van der Waals surface area (Å²) >= 11 is 0. The van der Waals surface area contributed by atoms with Crippen molar-refractivity contribution in [1.82, 2.24) is 0 Å². The third kappa shape index (κ3) is 4.19. The lowest BCUT2D eigenvalue weighted by atomic mass is 10.0. The van der Waals surface area contributed by atoms with Crippen LogP contribution >= 0.6 is 0 Å². The molecule has 0 saturated heterocycles. The first kappa shape index (κ1) is 17.0. The molecule has 0 bridgehead atoms. The lowest BCUT2D eigenvalue weighted by Crippen LogP contribution is -2.05. The highest BCUT2D eigenvalue weighted by atomic mass is 16.5. The Labute approximate surface area is 149 Å². The summed E-state index contributed by atoms with van der Waals surface area (Å²) in [6, 6.07) is 17.5. The summed E-state index contributed by atoms with van der Waals surface area (Å²) in [6.45, 7) is 5.96. The molecule has 0 aromatic heterocycles. The number of hydrogen-bond donors (Lipinski definition) is 0. The fourth-order valence-corrected chi connectivity index (χ4v) is 2.84. The molecule has 126 valence electrons. The Balaban J connectivity index is 1.69. The molecular weight excluding hydrogens is 308 g/mol. The van der Waals surface area contributed by atoms with E-state index in [9.17, 15) is 4.79 Å². The Kier molecular flexibility index (Phi) is 5.05. The first-order valence-electron chi connectivity index (χ1n) is 8.58. The molecule has 2 heteroatoms. The average Bonchev–Trinajstić information content (AvgIpc) is 3.38. The molecule has 2 aromatic rings. The van der Waals surface area contributed by atoms with Crippen molar-refractivity contribution in [2.45, 2.75) is 33.1 Å². The van der Waals surface area contributed by atoms with Gasteiger partial charge in [0.2, 0.25) is 0 Å². The minimum Gasteiger partial charge on any atom is -0.414 e. The van der Waals surface area contributed by atoms with Crippen LogP contribution in [-0.2, 0) is 4.74 Å². The number of benzene rings is 2. The van der Waals surface area contributed by atoms with Crippen LogP contribution in [-0.4, -0.2) is 5.97 Å². The second kappa shape index (κ2) is 7.40. The number of carbonyl (C=O) groups is 1. The maximum absolute atomic E-state index is 12.2. The van der Waals surface area contributed by atoms with Gasteiger partial charge in [0.1, 0.15) is 0 Å². The highest BCUT2D eigenvalue weighted by Gasteiger charge is 2.37. The zero-order chi connectivity index (χ0) is 17.8. The summed E-state index contributed by atoms with van der Waals surface area (Å²) in [4.78, 5) is 12.2. The molecule has 0 amide bonds. The van der Waals surface area contributed by atoms with Gasteiger partial charge in [0.05, 0.1) is 5.56 Å². The topological polar surface area (TPSA) is 26.3 Å². The molecule has 2 aromatic carbocycles. The van der Waals surface area contributed by atoms with E-state index < -0.39 is 0 Å². The zero-order valence-electron chi connectivity index (χ0n) is 14.9. The normalized spacial score (nSPS) is 17.9. The number of carbonyl (C=O) groups excluding carboxylic acids is 1. The molecule has 3 rings (SSSR count). The summed E-state index contributed by atoms with van der Waals surface area (Å²) in [5, 5.41) is 0. The fraction of sp³-hybridized carbons (Fsp3) is 0.261. The SMILES string of the molecule is CC(C)=C(C#CC1CC1c1ccccc1C)OC(=O)c1ccccc1. The molecule has 0 N–H and O–H groups in total. The van der Waals surface area contributed by atoms with Gasteiger partial charge in [-0.2, -0.15) is 0 Å². The minimum absolute atomic E-state index is 0.339. The number of ether oxygens (including phenoxy) is 1. The van der Waals surface area contributed by atoms with E-state index in [1.54, 1.807) is 12.1 Å². The van der Waals surface area contributed by atoms with Gasteiger partial charge in [-0.1, -0.05) is 48.4 Å². The molecule has 0 radical (unpaired) electrons. The Morgan fingerprint density at radius 3 is 2.40 bits per heavy atom. The molecular formula is C23H22O2. The van der Waals surface area contributed by atoms with Crippen LogP contribution < -0.4 is 0 Å². The molecule has 1 fully saturated rings. The lowest BCUT2D eigenvalue weighted by Gasteiger charge is -2.05. The average molecular weight is 330 g/mol. The summed E-state index contributed by atoms with van der Waals surface area (Å²) in [5.41, 5.74) is 4.13. The van der Waals surface area contributed by atoms with Crippen LogP contribution in [0.5, 0.6) is 0 Å². The Morgan fingerprint density at radius 2 is 1.72 bits per heavy atom. The lowest BCUT2D eigenvalue weighted by molar-refractivity contribution is 0.0637. The predicted octanol–water partition coefficient (Wildman–Crippen LogP) is 5.25. The van der Waals surface area contributed by atoms with Crippen LogP contribution in [0.2, 0.25) is 0 Å². The summed E-state index contributed by atoms with van der Waals surface area (Å²) in [7, 11) is 0. The van der Waals surface area contributed by atoms with Crippen molar-refractivity contribution in [3.05, 3.63) is 82.6 Å². The number of aryl methyl sites for hydroxylation is 1. The molecule has 25 heavy (non-hydrogen) atoms. The van der Waals surface area contributed by atoms with Crippen molar-refractivity contribution in [1.29, 1.82) is 0 Å². The van der Waals surface area contributed by atoms with Gasteiger partial charge in [-0.05, 0) is 67.9 Å². The first-order chi connectivity index (χ1) is 12.1. The molecule has 1 aliphatic rings. The Bertz CT molecular complexity index is 862. The molecule has 0 spiro atoms. The third-order valence-corrected chi connectivity index (χ3v) is 4.41. The third-order valence-electron chi connectivity index (χ3n) is 4.41. The van der Waals surface area contributed by atoms with Gasteiger partial charge in [0, 0.05) is 5.92 Å². The molecule has 0 heterocycles. The van der Waals surface area contributed by atoms with Crippen molar-refractivity contribution in [2.75, 3.05) is 0 Å². The second-order valence-corrected chi connectivity index (χ2v) is 6.66. The van der Waals surface area contributed by atoms with Crippen molar-refractivity contribution in [3.63, 3.8) is 0 Å². The smallest absolute Gasteiger partial charge is 0.344 e. The maximum atomic E-state index is 12.2. The number of rotatable bonds is 3. The second-order valence-electron chi connectivity index (χ2n) is 6.66. The van der Waals surface area contributed by atoms with Gasteiger partial charge < -0.3 is 4.74 Å². The molecule has 2 atom stereocenters. The van der Waals surface area contributed by atoms with E-state index in [0.29, 0.717) is 23.2 Å². The van der Waals surface area contributed by atoms with Crippen molar-refractivity contribution < 1.29 is 9.53 Å². The van der Waals surface area contributed by atoms with Crippen LogP contribution in [0.25, 0.3) is 0 Å². The van der Waals surface area contributed by atoms with Crippen LogP contribution in [0.3, 0.4) is 0 Å². The number of esters is 1. The van der Waals surface area contributed by atoms with E-state index >= 15 is 0 Å². The molecule has 1 saturated carbocycles. The minimum atomic E-state index is -0.364. The fourth-order valence-electron chi connectivity index (χ4n) is 2.84. The number of allylic oxidation sites excluding steroid dienone is 2. The summed E-state index contributed by atoms with van der Waals surface area (Å²) in [5.74, 6) is 7.31. The Hall–Kier alpha value is -2.79. The van der Waals surface area contributed by atoms with Crippen LogP contribution in [0.4, 0.5) is 0 Å². The van der Waals surface area contributed by atoms with E-state index in [-0.39, 0.29) is 5.97 Å². The summed E-state index contributed by atoms with van der Waals surface area (Å²) in [6.07, 6.45) is 1.07. The van der Waals surface area contributed by atoms with Gasteiger partial charge in [0.15, 0.2) is 5.76 Å². The van der Waals surface area contributed by atoms with E-state index in [2.05, 4.69) is 43.0 Å². The molecule has 0 aliphatic heterocycles. The van der Waals surface area contributed by atoms with E-state index in [1.165, 1.54) is 11.1 Å². The van der Waals surface area contributed by atoms with Crippen molar-refractivity contribution in [3.8, 4) is 11.8 Å². The van der Waals surface area contributed by atoms with Gasteiger partial charge in [-0.15, -0.1) is 0 Å². The largest absolute Gasteiger partial charge is 0.414 e. The van der Waals surface area contributed by atoms with E-state index in [0.717, 1.165) is 12.0 Å². The standard InChI is InChI=1S/C23H22O2/c1-16(2)22(25-23(24)18-10-5-4-6-11-18)14-13-19-15-21(19)20-12-8-7-9-17(20)3/h4-12,19,21H,15H2,1-3H3. The predicted molar refractivity (Wildman–Crippen MR) is 100 cm³/mol. The maximum Gasteiger partial charge on any atom is 0.344 e. The highest BCUT2D eigenvalue weighted by molar-refractivity contribution is 5.90. The van der Waals surface area contributed by atoms with Gasteiger partial charge in [0.25, 0.3) is 0 Å². The van der Waals surface area contributed by atoms with Gasteiger partial charge in [-0.3, -0.25) is 0 Å². The molecule has 2 nitrogen and oxygen atoms in total. The summed E-state index contributed by atoms with van der Waals surface area (Å²) < 4.78 is 5.51. The van der Waals surface area contributed by atoms with E-state index in [1.807, 2.05) is 32.0 Å². The quantitative estimate of drug-likeness (QED) is 0.436. The van der Waals surface area contributed by atoms with Crippen molar-refractivity contribution in [2.24, 2.45) is 5.92 Å². The molecule has 1 aliphatic carbocycles. The highest BCUT2D eigenvalue weighted by Crippen LogP contribution is 2.48. The zero-order valence-corrected chi connectivity index (χ0v) is 14.9. The van der Waals surface area contributed by atoms with Crippen LogP contribution in [0.15, 0.2) is 65.9 Å². The molecule has 2 unspecified atom stereocenters. The van der Waals surface area contributed by atoms with Crippen molar-refractivity contribution >= 4 is 5.97 Å². The van der Waals surface area contributed by atoms with Crippen LogP contribution in [0, 0.1) is 24.7 Å². The van der Waals surface area contributed by atoms with Crippen LogP contribution in [0.1, 0.15) is 47.7 Å². The first-order valence-corrected chi connectivity index (χ1v) is 8.58. The monoisotopic (exact) mass is 330 g/mol.